The lowest BCUT2D eigenvalue weighted by molar-refractivity contribution is -0.385. The first kappa shape index (κ1) is 14.7. The van der Waals surface area contributed by atoms with Gasteiger partial charge >= 0.3 is 0 Å². The Balaban J connectivity index is 2.44. The molecule has 0 bridgehead atoms. The van der Waals surface area contributed by atoms with Crippen LogP contribution in [0.5, 0.6) is 11.6 Å². The number of hydrogen-bond acceptors (Lipinski definition) is 6. The highest BCUT2D eigenvalue weighted by Gasteiger charge is 2.16. The van der Waals surface area contributed by atoms with Crippen molar-refractivity contribution in [2.75, 3.05) is 12.4 Å². The number of aryl methyl sites for hydroxylation is 3. The molecule has 1 aromatic heterocycles. The highest BCUT2D eigenvalue weighted by atomic mass is 16.6. The van der Waals surface area contributed by atoms with Crippen molar-refractivity contribution in [3.05, 3.63) is 45.1 Å². The van der Waals surface area contributed by atoms with Gasteiger partial charge in [0.15, 0.2) is 0 Å². The summed E-state index contributed by atoms with van der Waals surface area (Å²) in [6.07, 6.45) is 1.63. The summed E-state index contributed by atoms with van der Waals surface area (Å²) < 4.78 is 5.73. The predicted molar refractivity (Wildman–Crippen MR) is 79.0 cm³/mol. The SMILES string of the molecule is CNc1ncc(C)c(Oc2cc([N+](=O)[O-])c(C)cc2C)n1. The van der Waals surface area contributed by atoms with Gasteiger partial charge in [0.25, 0.3) is 5.69 Å². The van der Waals surface area contributed by atoms with Crippen molar-refractivity contribution in [2.45, 2.75) is 20.8 Å². The maximum atomic E-state index is 11.0. The maximum Gasteiger partial charge on any atom is 0.276 e. The lowest BCUT2D eigenvalue weighted by atomic mass is 10.1. The second-order valence-electron chi connectivity index (χ2n) is 4.70. The Kier molecular flexibility index (Phi) is 4.02. The van der Waals surface area contributed by atoms with Gasteiger partial charge in [-0.1, -0.05) is 0 Å². The number of anilines is 1. The molecule has 2 aromatic rings. The van der Waals surface area contributed by atoms with E-state index in [0.717, 1.165) is 11.1 Å². The molecule has 0 aliphatic rings. The van der Waals surface area contributed by atoms with Crippen molar-refractivity contribution in [2.24, 2.45) is 0 Å². The van der Waals surface area contributed by atoms with Gasteiger partial charge in [-0.3, -0.25) is 10.1 Å². The number of ether oxygens (including phenoxy) is 1. The fourth-order valence-corrected chi connectivity index (χ4v) is 1.88. The number of nitrogens with one attached hydrogen (secondary N) is 1. The van der Waals surface area contributed by atoms with Crippen molar-refractivity contribution in [3.8, 4) is 11.6 Å². The standard InChI is InChI=1S/C14H16N4O3/c1-8-5-9(2)12(6-11(8)18(19)20)21-13-10(3)7-16-14(15-4)17-13/h5-7H,1-4H3,(H,15,16,17). The first-order valence-electron chi connectivity index (χ1n) is 6.37. The molecule has 0 saturated heterocycles. The molecule has 0 fully saturated rings. The summed E-state index contributed by atoms with van der Waals surface area (Å²) in [7, 11) is 1.70. The van der Waals surface area contributed by atoms with Crippen LogP contribution in [-0.2, 0) is 0 Å². The van der Waals surface area contributed by atoms with E-state index in [-0.39, 0.29) is 5.69 Å². The molecule has 0 spiro atoms. The van der Waals surface area contributed by atoms with Crippen LogP contribution in [0.25, 0.3) is 0 Å². The summed E-state index contributed by atoms with van der Waals surface area (Å²) in [4.78, 5) is 18.9. The first-order chi connectivity index (χ1) is 9.92. The number of benzene rings is 1. The van der Waals surface area contributed by atoms with E-state index in [1.54, 1.807) is 26.2 Å². The fourth-order valence-electron chi connectivity index (χ4n) is 1.88. The van der Waals surface area contributed by atoms with Crippen LogP contribution in [0.4, 0.5) is 11.6 Å². The van der Waals surface area contributed by atoms with Crippen LogP contribution in [0.2, 0.25) is 0 Å². The van der Waals surface area contributed by atoms with Crippen molar-refractivity contribution >= 4 is 11.6 Å². The Morgan fingerprint density at radius 1 is 1.19 bits per heavy atom. The maximum absolute atomic E-state index is 11.0. The second-order valence-corrected chi connectivity index (χ2v) is 4.70. The van der Waals surface area contributed by atoms with Crippen LogP contribution >= 0.6 is 0 Å². The van der Waals surface area contributed by atoms with Gasteiger partial charge in [0.2, 0.25) is 11.8 Å². The molecule has 0 aliphatic carbocycles. The number of hydrogen-bond donors (Lipinski definition) is 1. The van der Waals surface area contributed by atoms with Crippen LogP contribution in [0.15, 0.2) is 18.3 Å². The normalized spacial score (nSPS) is 10.3. The molecule has 0 amide bonds. The molecule has 0 aliphatic heterocycles. The summed E-state index contributed by atoms with van der Waals surface area (Å²) in [6.45, 7) is 5.35. The Bertz CT molecular complexity index is 701. The number of nitrogens with zero attached hydrogens (tertiary/aromatic N) is 3. The van der Waals surface area contributed by atoms with Crippen molar-refractivity contribution in [1.29, 1.82) is 0 Å². The molecule has 7 nitrogen and oxygen atoms in total. The number of rotatable bonds is 4. The molecule has 1 aromatic carbocycles. The van der Waals surface area contributed by atoms with Gasteiger partial charge in [-0.15, -0.1) is 0 Å². The van der Waals surface area contributed by atoms with Crippen LogP contribution < -0.4 is 10.1 Å². The van der Waals surface area contributed by atoms with Gasteiger partial charge in [-0.2, -0.15) is 4.98 Å². The summed E-state index contributed by atoms with van der Waals surface area (Å²) in [5.74, 6) is 1.21. The molecule has 1 N–H and O–H groups in total. The lowest BCUT2D eigenvalue weighted by Crippen LogP contribution is -2.01. The molecule has 1 heterocycles. The van der Waals surface area contributed by atoms with E-state index in [1.165, 1.54) is 6.07 Å². The summed E-state index contributed by atoms with van der Waals surface area (Å²) in [5, 5.41) is 13.8. The number of aromatic nitrogens is 2. The fraction of sp³-hybridized carbons (Fsp3) is 0.286. The minimum Gasteiger partial charge on any atom is -0.438 e. The molecule has 2 rings (SSSR count). The summed E-state index contributed by atoms with van der Waals surface area (Å²) >= 11 is 0. The summed E-state index contributed by atoms with van der Waals surface area (Å²) in [5.41, 5.74) is 2.18. The molecule has 110 valence electrons. The first-order valence-corrected chi connectivity index (χ1v) is 6.37. The Morgan fingerprint density at radius 3 is 2.52 bits per heavy atom. The van der Waals surface area contributed by atoms with E-state index >= 15 is 0 Å². The number of nitro benzene ring substituents is 1. The van der Waals surface area contributed by atoms with E-state index in [2.05, 4.69) is 15.3 Å². The third kappa shape index (κ3) is 3.07. The summed E-state index contributed by atoms with van der Waals surface area (Å²) in [6, 6.07) is 3.15. The Morgan fingerprint density at radius 2 is 1.90 bits per heavy atom. The second kappa shape index (κ2) is 5.74. The van der Waals surface area contributed by atoms with E-state index in [1.807, 2.05) is 13.8 Å². The zero-order valence-electron chi connectivity index (χ0n) is 12.3. The van der Waals surface area contributed by atoms with Crippen molar-refractivity contribution < 1.29 is 9.66 Å². The zero-order valence-corrected chi connectivity index (χ0v) is 12.3. The minimum absolute atomic E-state index is 0.0242. The zero-order chi connectivity index (χ0) is 15.6. The largest absolute Gasteiger partial charge is 0.438 e. The Labute approximate surface area is 122 Å². The molecular formula is C14H16N4O3. The predicted octanol–water partition coefficient (Wildman–Crippen LogP) is 3.14. The van der Waals surface area contributed by atoms with Gasteiger partial charge in [0.05, 0.1) is 11.0 Å². The molecule has 0 atom stereocenters. The number of nitro groups is 1. The lowest BCUT2D eigenvalue weighted by Gasteiger charge is -2.11. The molecule has 0 unspecified atom stereocenters. The minimum atomic E-state index is -0.423. The molecule has 7 heteroatoms. The van der Waals surface area contributed by atoms with E-state index < -0.39 is 4.92 Å². The topological polar surface area (TPSA) is 90.2 Å². The highest BCUT2D eigenvalue weighted by Crippen LogP contribution is 2.32. The van der Waals surface area contributed by atoms with Crippen LogP contribution in [0, 0.1) is 30.9 Å². The van der Waals surface area contributed by atoms with Gasteiger partial charge in [0, 0.05) is 24.4 Å². The van der Waals surface area contributed by atoms with Crippen molar-refractivity contribution in [3.63, 3.8) is 0 Å². The highest BCUT2D eigenvalue weighted by molar-refractivity contribution is 5.51. The van der Waals surface area contributed by atoms with Gasteiger partial charge < -0.3 is 10.1 Å². The van der Waals surface area contributed by atoms with Crippen LogP contribution in [0.3, 0.4) is 0 Å². The van der Waals surface area contributed by atoms with Gasteiger partial charge in [-0.05, 0) is 32.4 Å². The average molecular weight is 288 g/mol. The average Bonchev–Trinajstić information content (AvgIpc) is 2.43. The van der Waals surface area contributed by atoms with E-state index in [4.69, 9.17) is 4.74 Å². The van der Waals surface area contributed by atoms with Crippen molar-refractivity contribution in [1.82, 2.24) is 9.97 Å². The quantitative estimate of drug-likeness (QED) is 0.686. The monoisotopic (exact) mass is 288 g/mol. The molecular weight excluding hydrogens is 272 g/mol. The third-order valence-electron chi connectivity index (χ3n) is 3.05. The van der Waals surface area contributed by atoms with Gasteiger partial charge in [-0.25, -0.2) is 4.98 Å². The van der Waals surface area contributed by atoms with Gasteiger partial charge in [0.1, 0.15) is 5.75 Å². The van der Waals surface area contributed by atoms with E-state index in [9.17, 15) is 10.1 Å². The van der Waals surface area contributed by atoms with Crippen LogP contribution in [0.1, 0.15) is 16.7 Å². The Hall–Kier alpha value is -2.70. The molecule has 0 radical (unpaired) electrons. The smallest absolute Gasteiger partial charge is 0.276 e. The van der Waals surface area contributed by atoms with Crippen LogP contribution in [-0.4, -0.2) is 21.9 Å². The van der Waals surface area contributed by atoms with E-state index in [0.29, 0.717) is 23.1 Å². The third-order valence-corrected chi connectivity index (χ3v) is 3.05. The molecule has 0 saturated carbocycles. The molecule has 21 heavy (non-hydrogen) atoms.